The molecule has 0 aliphatic heterocycles. The molecule has 1 radical (unpaired) electrons. The highest BCUT2D eigenvalue weighted by molar-refractivity contribution is 4.68. The molecule has 0 saturated heterocycles. The molecule has 0 bridgehead atoms. The van der Waals surface area contributed by atoms with E-state index in [0.29, 0.717) is 0 Å². The highest BCUT2D eigenvalue weighted by Crippen LogP contribution is 2.26. The highest BCUT2D eigenvalue weighted by Gasteiger charge is 2.14. The number of hydrogen-bond acceptors (Lipinski definition) is 0. The number of hydrogen-bond donors (Lipinski definition) is 0. The molecule has 0 heterocycles. The molecule has 0 aromatic heterocycles. The lowest BCUT2D eigenvalue weighted by molar-refractivity contribution is 0.293. The SMILES string of the molecule is [CH2]CC(CC)C(CC)CCC. The summed E-state index contributed by atoms with van der Waals surface area (Å²) in [6.07, 6.45) is 6.48. The van der Waals surface area contributed by atoms with E-state index in [2.05, 4.69) is 27.7 Å². The molecular weight excluding hydrogens is 132 g/mol. The molecule has 0 rings (SSSR count). The van der Waals surface area contributed by atoms with Crippen LogP contribution in [0.3, 0.4) is 0 Å². The van der Waals surface area contributed by atoms with Crippen LogP contribution in [0.1, 0.15) is 52.9 Å². The van der Waals surface area contributed by atoms with Gasteiger partial charge in [0.15, 0.2) is 0 Å². The molecule has 0 heteroatoms. The van der Waals surface area contributed by atoms with Crippen LogP contribution >= 0.6 is 0 Å². The van der Waals surface area contributed by atoms with Crippen molar-refractivity contribution in [3.8, 4) is 0 Å². The molecule has 0 aliphatic carbocycles. The Labute approximate surface area is 72.4 Å². The molecule has 67 valence electrons. The summed E-state index contributed by atoms with van der Waals surface area (Å²) in [7, 11) is 0. The van der Waals surface area contributed by atoms with Crippen LogP contribution in [-0.4, -0.2) is 0 Å². The first-order chi connectivity index (χ1) is 5.29. The third kappa shape index (κ3) is 3.79. The molecule has 0 nitrogen and oxygen atoms in total. The molecule has 0 aromatic rings. The van der Waals surface area contributed by atoms with Crippen LogP contribution in [0.25, 0.3) is 0 Å². The second kappa shape index (κ2) is 6.69. The first-order valence-corrected chi connectivity index (χ1v) is 5.09. The predicted molar refractivity (Wildman–Crippen MR) is 52.4 cm³/mol. The summed E-state index contributed by atoms with van der Waals surface area (Å²) in [5.41, 5.74) is 0. The van der Waals surface area contributed by atoms with Crippen molar-refractivity contribution >= 4 is 0 Å². The van der Waals surface area contributed by atoms with Gasteiger partial charge < -0.3 is 0 Å². The van der Waals surface area contributed by atoms with Crippen LogP contribution in [0.5, 0.6) is 0 Å². The minimum absolute atomic E-state index is 0.875. The Hall–Kier alpha value is 0. The van der Waals surface area contributed by atoms with E-state index in [9.17, 15) is 0 Å². The fourth-order valence-corrected chi connectivity index (χ4v) is 1.92. The van der Waals surface area contributed by atoms with Gasteiger partial charge in [-0.25, -0.2) is 0 Å². The molecule has 0 aliphatic rings. The number of rotatable bonds is 6. The van der Waals surface area contributed by atoms with Crippen molar-refractivity contribution in [3.05, 3.63) is 6.92 Å². The van der Waals surface area contributed by atoms with Gasteiger partial charge in [-0.15, -0.1) is 0 Å². The standard InChI is InChI=1S/C11H23/c1-5-9-11(8-4)10(6-2)7-3/h10-11H,2,5-9H2,1,3-4H3. The van der Waals surface area contributed by atoms with E-state index < -0.39 is 0 Å². The van der Waals surface area contributed by atoms with E-state index >= 15 is 0 Å². The average molecular weight is 155 g/mol. The van der Waals surface area contributed by atoms with Crippen molar-refractivity contribution in [2.45, 2.75) is 52.9 Å². The fraction of sp³-hybridized carbons (Fsp3) is 0.909. The van der Waals surface area contributed by atoms with Gasteiger partial charge >= 0.3 is 0 Å². The Morgan fingerprint density at radius 1 is 1.00 bits per heavy atom. The summed E-state index contributed by atoms with van der Waals surface area (Å²) in [6, 6.07) is 0. The fourth-order valence-electron chi connectivity index (χ4n) is 1.92. The zero-order valence-corrected chi connectivity index (χ0v) is 8.40. The van der Waals surface area contributed by atoms with Gasteiger partial charge in [0.25, 0.3) is 0 Å². The van der Waals surface area contributed by atoms with Gasteiger partial charge in [-0.3, -0.25) is 0 Å². The monoisotopic (exact) mass is 155 g/mol. The zero-order chi connectivity index (χ0) is 8.69. The van der Waals surface area contributed by atoms with E-state index in [1.54, 1.807) is 0 Å². The van der Waals surface area contributed by atoms with Gasteiger partial charge in [-0.1, -0.05) is 59.8 Å². The first-order valence-electron chi connectivity index (χ1n) is 5.09. The van der Waals surface area contributed by atoms with Gasteiger partial charge in [0.05, 0.1) is 0 Å². The quantitative estimate of drug-likeness (QED) is 0.542. The lowest BCUT2D eigenvalue weighted by Gasteiger charge is -2.23. The van der Waals surface area contributed by atoms with Crippen molar-refractivity contribution in [2.24, 2.45) is 11.8 Å². The average Bonchev–Trinajstić information content (AvgIpc) is 2.05. The molecule has 0 aromatic carbocycles. The molecule has 2 unspecified atom stereocenters. The summed E-state index contributed by atoms with van der Waals surface area (Å²) in [5.74, 6) is 1.81. The maximum atomic E-state index is 4.01. The van der Waals surface area contributed by atoms with Crippen LogP contribution in [0, 0.1) is 18.8 Å². The lowest BCUT2D eigenvalue weighted by atomic mass is 9.83. The molecule has 0 amide bonds. The Morgan fingerprint density at radius 2 is 1.55 bits per heavy atom. The van der Waals surface area contributed by atoms with Crippen molar-refractivity contribution in [1.29, 1.82) is 0 Å². The third-order valence-corrected chi connectivity index (χ3v) is 2.75. The highest BCUT2D eigenvalue weighted by atomic mass is 14.2. The van der Waals surface area contributed by atoms with Gasteiger partial charge in [-0.2, -0.15) is 0 Å². The smallest absolute Gasteiger partial charge is 0.0389 e. The van der Waals surface area contributed by atoms with E-state index in [-0.39, 0.29) is 0 Å². The summed E-state index contributed by atoms with van der Waals surface area (Å²) in [5, 5.41) is 0. The van der Waals surface area contributed by atoms with Crippen LogP contribution in [0.4, 0.5) is 0 Å². The van der Waals surface area contributed by atoms with Gasteiger partial charge in [0.2, 0.25) is 0 Å². The summed E-state index contributed by atoms with van der Waals surface area (Å²) in [6.45, 7) is 10.9. The normalized spacial score (nSPS) is 13.9. The van der Waals surface area contributed by atoms with E-state index in [0.717, 1.165) is 18.3 Å². The van der Waals surface area contributed by atoms with Crippen molar-refractivity contribution in [3.63, 3.8) is 0 Å². The summed E-state index contributed by atoms with van der Waals surface area (Å²) in [4.78, 5) is 0. The largest absolute Gasteiger partial charge is 0.0654 e. The molecule has 0 N–H and O–H groups in total. The van der Waals surface area contributed by atoms with Crippen LogP contribution < -0.4 is 0 Å². The molecule has 0 fully saturated rings. The molecule has 2 atom stereocenters. The topological polar surface area (TPSA) is 0 Å². The first kappa shape index (κ1) is 11.0. The Morgan fingerprint density at radius 3 is 1.82 bits per heavy atom. The van der Waals surface area contributed by atoms with E-state index in [4.69, 9.17) is 0 Å². The molecule has 0 saturated carbocycles. The van der Waals surface area contributed by atoms with Crippen molar-refractivity contribution in [2.75, 3.05) is 0 Å². The Bertz CT molecular complexity index is 72.1. The van der Waals surface area contributed by atoms with Crippen LogP contribution in [0.15, 0.2) is 0 Å². The minimum atomic E-state index is 0.875. The second-order valence-electron chi connectivity index (χ2n) is 3.41. The molecule has 0 spiro atoms. The Balaban J connectivity index is 3.76. The molecular formula is C11H23. The minimum Gasteiger partial charge on any atom is -0.0654 e. The Kier molecular flexibility index (Phi) is 6.69. The van der Waals surface area contributed by atoms with Gasteiger partial charge in [-0.05, 0) is 11.8 Å². The lowest BCUT2D eigenvalue weighted by Crippen LogP contribution is -2.12. The van der Waals surface area contributed by atoms with E-state index in [1.165, 1.54) is 25.7 Å². The molecule has 11 heavy (non-hydrogen) atoms. The van der Waals surface area contributed by atoms with Crippen LogP contribution in [0.2, 0.25) is 0 Å². The van der Waals surface area contributed by atoms with Gasteiger partial charge in [0, 0.05) is 0 Å². The predicted octanol–water partition coefficient (Wildman–Crippen LogP) is 4.06. The maximum absolute atomic E-state index is 4.01. The maximum Gasteiger partial charge on any atom is -0.0389 e. The van der Waals surface area contributed by atoms with Gasteiger partial charge in [0.1, 0.15) is 0 Å². The van der Waals surface area contributed by atoms with E-state index in [1.807, 2.05) is 0 Å². The second-order valence-corrected chi connectivity index (χ2v) is 3.41. The van der Waals surface area contributed by atoms with Crippen LogP contribution in [-0.2, 0) is 0 Å². The van der Waals surface area contributed by atoms with Crippen molar-refractivity contribution < 1.29 is 0 Å². The van der Waals surface area contributed by atoms with Crippen molar-refractivity contribution in [1.82, 2.24) is 0 Å². The third-order valence-electron chi connectivity index (χ3n) is 2.75. The summed E-state index contributed by atoms with van der Waals surface area (Å²) >= 11 is 0. The summed E-state index contributed by atoms with van der Waals surface area (Å²) < 4.78 is 0. The zero-order valence-electron chi connectivity index (χ0n) is 8.40.